The average molecular weight is 316 g/mol. The molecule has 100 valence electrons. The summed E-state index contributed by atoms with van der Waals surface area (Å²) in [5.74, 6) is -0.302. The Labute approximate surface area is 116 Å². The quantitative estimate of drug-likeness (QED) is 0.825. The molecule has 1 amide bonds. The minimum Gasteiger partial charge on any atom is -0.348 e. The van der Waals surface area contributed by atoms with Gasteiger partial charge in [-0.25, -0.2) is 4.39 Å². The van der Waals surface area contributed by atoms with Gasteiger partial charge < -0.3 is 5.32 Å². The highest BCUT2D eigenvalue weighted by atomic mass is 79.9. The van der Waals surface area contributed by atoms with Gasteiger partial charge in [0.15, 0.2) is 0 Å². The second-order valence-electron chi connectivity index (χ2n) is 4.89. The molecular weight excluding hydrogens is 297 g/mol. The molecule has 1 N–H and O–H groups in total. The van der Waals surface area contributed by atoms with Gasteiger partial charge in [-0.1, -0.05) is 41.9 Å². The maximum absolute atomic E-state index is 13.8. The van der Waals surface area contributed by atoms with Gasteiger partial charge in [-0.15, -0.1) is 0 Å². The van der Waals surface area contributed by atoms with E-state index in [4.69, 9.17) is 0 Å². The maximum atomic E-state index is 13.8. The zero-order valence-corrected chi connectivity index (χ0v) is 12.6. The number of rotatable bonds is 5. The van der Waals surface area contributed by atoms with Crippen LogP contribution in [0.4, 0.5) is 4.39 Å². The second kappa shape index (κ2) is 6.88. The van der Waals surface area contributed by atoms with Crippen LogP contribution in [0.5, 0.6) is 0 Å². The van der Waals surface area contributed by atoms with E-state index >= 15 is 0 Å². The van der Waals surface area contributed by atoms with Crippen molar-refractivity contribution >= 4 is 21.8 Å². The number of carbonyl (C=O) groups excluding carboxylic acids is 1. The number of halogens is 2. The Morgan fingerprint density at radius 1 is 1.44 bits per heavy atom. The number of hydrogen-bond donors (Lipinski definition) is 1. The Morgan fingerprint density at radius 3 is 2.67 bits per heavy atom. The number of amides is 1. The summed E-state index contributed by atoms with van der Waals surface area (Å²) >= 11 is 3.37. The lowest BCUT2D eigenvalue weighted by Crippen LogP contribution is -2.37. The van der Waals surface area contributed by atoms with E-state index < -0.39 is 5.82 Å². The molecule has 2 nitrogen and oxygen atoms in total. The molecule has 1 rings (SSSR count). The normalized spacial score (nSPS) is 12.6. The molecule has 0 aliphatic heterocycles. The molecule has 0 aliphatic carbocycles. The van der Waals surface area contributed by atoms with Gasteiger partial charge in [0.05, 0.1) is 5.56 Å². The fraction of sp³-hybridized carbons (Fsp3) is 0.500. The Kier molecular flexibility index (Phi) is 5.79. The van der Waals surface area contributed by atoms with Crippen LogP contribution in [0, 0.1) is 18.7 Å². The van der Waals surface area contributed by atoms with Crippen LogP contribution in [0.3, 0.4) is 0 Å². The van der Waals surface area contributed by atoms with Gasteiger partial charge >= 0.3 is 0 Å². The van der Waals surface area contributed by atoms with E-state index in [0.29, 0.717) is 16.8 Å². The van der Waals surface area contributed by atoms with Crippen LogP contribution in [0.25, 0.3) is 0 Å². The SMILES string of the molecule is Cc1cccc(C(=O)NC(CBr)CC(C)C)c1F. The summed E-state index contributed by atoms with van der Waals surface area (Å²) in [5, 5.41) is 3.53. The molecule has 0 heterocycles. The standard InChI is InChI=1S/C14H19BrFNO/c1-9(2)7-11(8-15)17-14(18)12-6-4-5-10(3)13(12)16/h4-6,9,11H,7-8H2,1-3H3,(H,17,18). The third kappa shape index (κ3) is 4.09. The number of benzene rings is 1. The van der Waals surface area contributed by atoms with Crippen molar-refractivity contribution in [1.29, 1.82) is 0 Å². The van der Waals surface area contributed by atoms with E-state index in [2.05, 4.69) is 35.1 Å². The fourth-order valence-electron chi connectivity index (χ4n) is 1.82. The lowest BCUT2D eigenvalue weighted by atomic mass is 10.0. The van der Waals surface area contributed by atoms with E-state index in [0.717, 1.165) is 6.42 Å². The van der Waals surface area contributed by atoms with E-state index in [1.54, 1.807) is 19.1 Å². The number of alkyl halides is 1. The van der Waals surface area contributed by atoms with Crippen LogP contribution < -0.4 is 5.32 Å². The molecule has 0 saturated carbocycles. The van der Waals surface area contributed by atoms with Crippen LogP contribution in [-0.4, -0.2) is 17.3 Å². The van der Waals surface area contributed by atoms with Gasteiger partial charge in [0.1, 0.15) is 5.82 Å². The molecule has 1 aromatic rings. The molecule has 0 bridgehead atoms. The topological polar surface area (TPSA) is 29.1 Å². The second-order valence-corrected chi connectivity index (χ2v) is 5.54. The van der Waals surface area contributed by atoms with Crippen LogP contribution in [0.1, 0.15) is 36.2 Å². The predicted octanol–water partition coefficient (Wildman–Crippen LogP) is 3.67. The van der Waals surface area contributed by atoms with Gasteiger partial charge in [0, 0.05) is 11.4 Å². The Morgan fingerprint density at radius 2 is 2.11 bits per heavy atom. The third-order valence-electron chi connectivity index (χ3n) is 2.71. The van der Waals surface area contributed by atoms with Crippen molar-refractivity contribution in [3.05, 3.63) is 35.1 Å². The number of carbonyl (C=O) groups is 1. The van der Waals surface area contributed by atoms with Gasteiger partial charge in [-0.2, -0.15) is 0 Å². The predicted molar refractivity (Wildman–Crippen MR) is 75.6 cm³/mol. The van der Waals surface area contributed by atoms with E-state index in [-0.39, 0.29) is 17.5 Å². The molecule has 4 heteroatoms. The van der Waals surface area contributed by atoms with E-state index in [1.165, 1.54) is 6.07 Å². The van der Waals surface area contributed by atoms with Crippen LogP contribution in [0.2, 0.25) is 0 Å². The van der Waals surface area contributed by atoms with Crippen molar-refractivity contribution in [3.63, 3.8) is 0 Å². The van der Waals surface area contributed by atoms with Crippen molar-refractivity contribution in [2.45, 2.75) is 33.2 Å². The summed E-state index contributed by atoms with van der Waals surface area (Å²) < 4.78 is 13.8. The monoisotopic (exact) mass is 315 g/mol. The summed E-state index contributed by atoms with van der Waals surface area (Å²) in [6.45, 7) is 5.84. The van der Waals surface area contributed by atoms with Crippen molar-refractivity contribution in [1.82, 2.24) is 5.32 Å². The zero-order valence-electron chi connectivity index (χ0n) is 11.0. The van der Waals surface area contributed by atoms with E-state index in [9.17, 15) is 9.18 Å². The number of nitrogens with one attached hydrogen (secondary N) is 1. The van der Waals surface area contributed by atoms with Gasteiger partial charge in [0.25, 0.3) is 5.91 Å². The van der Waals surface area contributed by atoms with Gasteiger partial charge in [0.2, 0.25) is 0 Å². The Hall–Kier alpha value is -0.900. The third-order valence-corrected chi connectivity index (χ3v) is 3.50. The van der Waals surface area contributed by atoms with Gasteiger partial charge in [-0.3, -0.25) is 4.79 Å². The summed E-state index contributed by atoms with van der Waals surface area (Å²) in [6.07, 6.45) is 0.866. The lowest BCUT2D eigenvalue weighted by Gasteiger charge is -2.18. The largest absolute Gasteiger partial charge is 0.348 e. The lowest BCUT2D eigenvalue weighted by molar-refractivity contribution is 0.0933. The maximum Gasteiger partial charge on any atom is 0.254 e. The molecule has 0 spiro atoms. The molecule has 0 fully saturated rings. The first-order valence-corrected chi connectivity index (χ1v) is 7.19. The molecule has 0 aliphatic rings. The van der Waals surface area contributed by atoms with Crippen molar-refractivity contribution < 1.29 is 9.18 Å². The summed E-state index contributed by atoms with van der Waals surface area (Å²) in [5.41, 5.74) is 0.603. The van der Waals surface area contributed by atoms with Crippen LogP contribution in [0.15, 0.2) is 18.2 Å². The first kappa shape index (κ1) is 15.2. The minimum atomic E-state index is -0.437. The van der Waals surface area contributed by atoms with Gasteiger partial charge in [-0.05, 0) is 30.9 Å². The highest BCUT2D eigenvalue weighted by molar-refractivity contribution is 9.09. The highest BCUT2D eigenvalue weighted by Crippen LogP contribution is 2.13. The molecule has 1 unspecified atom stereocenters. The first-order chi connectivity index (χ1) is 8.45. The molecule has 1 aromatic carbocycles. The van der Waals surface area contributed by atoms with Crippen molar-refractivity contribution in [2.75, 3.05) is 5.33 Å². The molecule has 0 radical (unpaired) electrons. The van der Waals surface area contributed by atoms with E-state index in [1.807, 2.05) is 0 Å². The number of aryl methyl sites for hydroxylation is 1. The molecule has 1 atom stereocenters. The Balaban J connectivity index is 2.78. The molecular formula is C14H19BrFNO. The molecule has 18 heavy (non-hydrogen) atoms. The minimum absolute atomic E-state index is 0.0254. The molecule has 0 saturated heterocycles. The van der Waals surface area contributed by atoms with Crippen molar-refractivity contribution in [3.8, 4) is 0 Å². The summed E-state index contributed by atoms with van der Waals surface area (Å²) in [7, 11) is 0. The van der Waals surface area contributed by atoms with Crippen LogP contribution >= 0.6 is 15.9 Å². The summed E-state index contributed by atoms with van der Waals surface area (Å²) in [4.78, 5) is 12.0. The molecule has 0 aromatic heterocycles. The Bertz CT molecular complexity index is 420. The number of hydrogen-bond acceptors (Lipinski definition) is 1. The first-order valence-electron chi connectivity index (χ1n) is 6.07. The van der Waals surface area contributed by atoms with Crippen molar-refractivity contribution in [2.24, 2.45) is 5.92 Å². The van der Waals surface area contributed by atoms with Crippen LogP contribution in [-0.2, 0) is 0 Å². The fourth-order valence-corrected chi connectivity index (χ4v) is 2.24. The zero-order chi connectivity index (χ0) is 13.7. The smallest absolute Gasteiger partial charge is 0.254 e. The highest BCUT2D eigenvalue weighted by Gasteiger charge is 2.17. The average Bonchev–Trinajstić information content (AvgIpc) is 2.31. The summed E-state index contributed by atoms with van der Waals surface area (Å²) in [6, 6.07) is 4.89.